The summed E-state index contributed by atoms with van der Waals surface area (Å²) in [5, 5.41) is 3.49. The third kappa shape index (κ3) is 4.89. The number of thioether (sulfide) groups is 1. The van der Waals surface area contributed by atoms with Crippen molar-refractivity contribution in [2.75, 3.05) is 31.1 Å². The van der Waals surface area contributed by atoms with Crippen LogP contribution >= 0.6 is 11.8 Å². The molecule has 114 valence electrons. The molecule has 0 atom stereocenters. The van der Waals surface area contributed by atoms with Gasteiger partial charge in [-0.1, -0.05) is 0 Å². The van der Waals surface area contributed by atoms with Crippen LogP contribution in [-0.4, -0.2) is 59.6 Å². The van der Waals surface area contributed by atoms with E-state index in [1.807, 2.05) is 32.5 Å². The van der Waals surface area contributed by atoms with E-state index in [1.54, 1.807) is 4.90 Å². The van der Waals surface area contributed by atoms with Gasteiger partial charge in [-0.3, -0.25) is 9.89 Å². The number of aliphatic imine (C=N–C) groups is 1. The quantitative estimate of drug-likeness (QED) is 0.806. The minimum absolute atomic E-state index is 0.245. The molecule has 0 aromatic heterocycles. The first-order valence-corrected chi connectivity index (χ1v) is 8.45. The van der Waals surface area contributed by atoms with Crippen LogP contribution in [0.25, 0.3) is 0 Å². The maximum atomic E-state index is 12.1. The average molecular weight is 299 g/mol. The third-order valence-corrected chi connectivity index (χ3v) is 4.31. The summed E-state index contributed by atoms with van der Waals surface area (Å²) in [6.07, 6.45) is 2.11. The molecule has 2 heterocycles. The Kier molecular flexibility index (Phi) is 5.18. The number of amidine groups is 1. The van der Waals surface area contributed by atoms with E-state index in [2.05, 4.69) is 10.3 Å². The number of nitrogens with one attached hydrogen (secondary N) is 1. The topological polar surface area (TPSA) is 53.9 Å². The maximum Gasteiger partial charge on any atom is 0.410 e. The van der Waals surface area contributed by atoms with E-state index < -0.39 is 5.60 Å². The fraction of sp³-hybridized carbons (Fsp3) is 0.857. The first-order valence-electron chi connectivity index (χ1n) is 7.29. The van der Waals surface area contributed by atoms with Gasteiger partial charge < -0.3 is 10.1 Å². The van der Waals surface area contributed by atoms with E-state index in [1.165, 1.54) is 24.3 Å². The molecule has 0 aromatic carbocycles. The Morgan fingerprint density at radius 3 is 2.75 bits per heavy atom. The largest absolute Gasteiger partial charge is 0.444 e. The molecule has 0 spiro atoms. The number of amides is 1. The smallest absolute Gasteiger partial charge is 0.410 e. The number of rotatable bonds is 1. The van der Waals surface area contributed by atoms with Gasteiger partial charge in [0.05, 0.1) is 13.1 Å². The van der Waals surface area contributed by atoms with Crippen molar-refractivity contribution in [2.24, 2.45) is 4.99 Å². The van der Waals surface area contributed by atoms with Gasteiger partial charge in [0.1, 0.15) is 11.4 Å². The Hall–Kier alpha value is -0.910. The molecule has 2 aliphatic rings. The number of ether oxygens (including phenoxy) is 1. The van der Waals surface area contributed by atoms with Crippen molar-refractivity contribution >= 4 is 23.7 Å². The van der Waals surface area contributed by atoms with Crippen LogP contribution in [0, 0.1) is 0 Å². The summed E-state index contributed by atoms with van der Waals surface area (Å²) in [5.74, 6) is 3.35. The van der Waals surface area contributed by atoms with Crippen LogP contribution in [0.4, 0.5) is 4.79 Å². The van der Waals surface area contributed by atoms with Gasteiger partial charge in [-0.25, -0.2) is 4.79 Å². The molecule has 1 amide bonds. The SMILES string of the molecule is CC(C)(C)OC(=O)N1CCN=C(NC2CCSCC2)C1. The Bertz CT molecular complexity index is 373. The predicted octanol–water partition coefficient (Wildman–Crippen LogP) is 2.12. The molecule has 5 nitrogen and oxygen atoms in total. The predicted molar refractivity (Wildman–Crippen MR) is 83.6 cm³/mol. The summed E-state index contributed by atoms with van der Waals surface area (Å²) in [7, 11) is 0. The Balaban J connectivity index is 1.84. The fourth-order valence-corrected chi connectivity index (χ4v) is 3.37. The van der Waals surface area contributed by atoms with E-state index in [0.717, 1.165) is 5.84 Å². The summed E-state index contributed by atoms with van der Waals surface area (Å²) in [4.78, 5) is 18.3. The molecule has 2 rings (SSSR count). The maximum absolute atomic E-state index is 12.1. The van der Waals surface area contributed by atoms with Crippen molar-refractivity contribution in [3.05, 3.63) is 0 Å². The van der Waals surface area contributed by atoms with E-state index in [0.29, 0.717) is 25.7 Å². The van der Waals surface area contributed by atoms with Crippen LogP contribution in [0.5, 0.6) is 0 Å². The molecule has 1 N–H and O–H groups in total. The second kappa shape index (κ2) is 6.70. The van der Waals surface area contributed by atoms with Gasteiger partial charge in [-0.05, 0) is 45.1 Å². The van der Waals surface area contributed by atoms with Gasteiger partial charge in [0, 0.05) is 12.6 Å². The number of hydrogen-bond donors (Lipinski definition) is 1. The van der Waals surface area contributed by atoms with Gasteiger partial charge in [0.2, 0.25) is 0 Å². The lowest BCUT2D eigenvalue weighted by atomic mass is 10.1. The summed E-state index contributed by atoms with van der Waals surface area (Å²) in [5.41, 5.74) is -0.445. The molecule has 0 aliphatic carbocycles. The van der Waals surface area contributed by atoms with Crippen LogP contribution in [0.3, 0.4) is 0 Å². The van der Waals surface area contributed by atoms with Crippen LogP contribution in [0.2, 0.25) is 0 Å². The highest BCUT2D eigenvalue weighted by atomic mass is 32.2. The lowest BCUT2D eigenvalue weighted by Gasteiger charge is -2.32. The molecular weight excluding hydrogens is 274 g/mol. The Morgan fingerprint density at radius 2 is 2.10 bits per heavy atom. The number of hydrogen-bond acceptors (Lipinski definition) is 5. The lowest BCUT2D eigenvalue weighted by molar-refractivity contribution is 0.0276. The molecule has 0 unspecified atom stereocenters. The third-order valence-electron chi connectivity index (χ3n) is 3.26. The van der Waals surface area contributed by atoms with Crippen molar-refractivity contribution in [1.29, 1.82) is 0 Å². The van der Waals surface area contributed by atoms with Gasteiger partial charge in [-0.15, -0.1) is 0 Å². The number of carbonyl (C=O) groups excluding carboxylic acids is 1. The van der Waals surface area contributed by atoms with Crippen LogP contribution in [-0.2, 0) is 4.74 Å². The average Bonchev–Trinajstić information content (AvgIpc) is 2.38. The highest BCUT2D eigenvalue weighted by Crippen LogP contribution is 2.17. The van der Waals surface area contributed by atoms with Gasteiger partial charge in [0.25, 0.3) is 0 Å². The molecule has 0 aromatic rings. The first kappa shape index (κ1) is 15.5. The van der Waals surface area contributed by atoms with Crippen LogP contribution in [0.1, 0.15) is 33.6 Å². The highest BCUT2D eigenvalue weighted by molar-refractivity contribution is 7.99. The molecule has 0 saturated carbocycles. The fourth-order valence-electron chi connectivity index (χ4n) is 2.27. The summed E-state index contributed by atoms with van der Waals surface area (Å²) in [6.45, 7) is 7.51. The second-order valence-electron chi connectivity index (χ2n) is 6.26. The molecule has 2 aliphatic heterocycles. The lowest BCUT2D eigenvalue weighted by Crippen LogP contribution is -2.49. The van der Waals surface area contributed by atoms with E-state index in [4.69, 9.17) is 4.74 Å². The van der Waals surface area contributed by atoms with Crippen molar-refractivity contribution in [3.8, 4) is 0 Å². The van der Waals surface area contributed by atoms with Crippen molar-refractivity contribution in [3.63, 3.8) is 0 Å². The first-order chi connectivity index (χ1) is 9.44. The summed E-state index contributed by atoms with van der Waals surface area (Å²) >= 11 is 2.01. The normalized spacial score (nSPS) is 21.4. The van der Waals surface area contributed by atoms with Gasteiger partial charge in [-0.2, -0.15) is 11.8 Å². The minimum atomic E-state index is -0.445. The second-order valence-corrected chi connectivity index (χ2v) is 7.49. The minimum Gasteiger partial charge on any atom is -0.444 e. The zero-order valence-corrected chi connectivity index (χ0v) is 13.5. The summed E-state index contributed by atoms with van der Waals surface area (Å²) < 4.78 is 5.42. The van der Waals surface area contributed by atoms with Gasteiger partial charge >= 0.3 is 6.09 Å². The van der Waals surface area contributed by atoms with Crippen molar-refractivity contribution in [1.82, 2.24) is 10.2 Å². The van der Waals surface area contributed by atoms with E-state index in [9.17, 15) is 4.79 Å². The molecule has 1 fully saturated rings. The zero-order valence-electron chi connectivity index (χ0n) is 12.6. The molecule has 0 bridgehead atoms. The summed E-state index contributed by atoms with van der Waals surface area (Å²) in [6, 6.07) is 0.508. The van der Waals surface area contributed by atoms with Crippen LogP contribution in [0.15, 0.2) is 4.99 Å². The molecule has 6 heteroatoms. The monoisotopic (exact) mass is 299 g/mol. The zero-order chi connectivity index (χ0) is 14.6. The van der Waals surface area contributed by atoms with Crippen LogP contribution < -0.4 is 5.32 Å². The number of nitrogens with zero attached hydrogens (tertiary/aromatic N) is 2. The standard InChI is InChI=1S/C14H25N3O2S/c1-14(2,3)19-13(18)17-7-6-15-12(10-17)16-11-4-8-20-9-5-11/h11H,4-10H2,1-3H3,(H,15,16). The van der Waals surface area contributed by atoms with Crippen molar-refractivity contribution < 1.29 is 9.53 Å². The molecule has 1 saturated heterocycles. The Labute approximate surface area is 125 Å². The van der Waals surface area contributed by atoms with Gasteiger partial charge in [0.15, 0.2) is 0 Å². The molecular formula is C14H25N3O2S. The van der Waals surface area contributed by atoms with Crippen molar-refractivity contribution in [2.45, 2.75) is 45.3 Å². The van der Waals surface area contributed by atoms with E-state index in [-0.39, 0.29) is 6.09 Å². The highest BCUT2D eigenvalue weighted by Gasteiger charge is 2.26. The molecule has 20 heavy (non-hydrogen) atoms. The Morgan fingerprint density at radius 1 is 1.40 bits per heavy atom. The van der Waals surface area contributed by atoms with E-state index >= 15 is 0 Å². The number of carbonyl (C=O) groups is 1. The molecule has 0 radical (unpaired) electrons.